The summed E-state index contributed by atoms with van der Waals surface area (Å²) < 4.78 is 6.79. The van der Waals surface area contributed by atoms with Crippen molar-refractivity contribution in [2.24, 2.45) is 0 Å². The van der Waals surface area contributed by atoms with Crippen molar-refractivity contribution in [3.05, 3.63) is 75.8 Å². The molecule has 1 amide bonds. The van der Waals surface area contributed by atoms with E-state index in [0.29, 0.717) is 28.3 Å². The molecule has 3 aromatic carbocycles. The normalized spacial score (nSPS) is 10.8. The van der Waals surface area contributed by atoms with Crippen molar-refractivity contribution in [3.63, 3.8) is 0 Å². The lowest BCUT2D eigenvalue weighted by Gasteiger charge is -2.11. The average molecular weight is 496 g/mol. The average Bonchev–Trinajstić information content (AvgIpc) is 3.14. The lowest BCUT2D eigenvalue weighted by Crippen LogP contribution is -2.34. The fourth-order valence-corrected chi connectivity index (χ4v) is 3.69. The fourth-order valence-electron chi connectivity index (χ4n) is 3.22. The highest BCUT2D eigenvalue weighted by atomic mass is 79.9. The van der Waals surface area contributed by atoms with Gasteiger partial charge in [0.25, 0.3) is 5.91 Å². The van der Waals surface area contributed by atoms with E-state index in [4.69, 9.17) is 16.6 Å². The molecule has 0 spiro atoms. The minimum atomic E-state index is -0.325. The Morgan fingerprint density at radius 2 is 1.84 bits per heavy atom. The van der Waals surface area contributed by atoms with Crippen LogP contribution in [0.4, 0.5) is 5.69 Å². The number of halogens is 1. The van der Waals surface area contributed by atoms with E-state index in [0.717, 1.165) is 21.1 Å². The largest absolute Gasteiger partial charge is 0.507 e. The number of thiocarbonyl (C=S) groups is 1. The summed E-state index contributed by atoms with van der Waals surface area (Å²) in [7, 11) is 0. The molecule has 4 aromatic rings. The molecule has 156 valence electrons. The molecule has 0 bridgehead atoms. The maximum Gasteiger partial charge on any atom is 0.257 e. The quantitative estimate of drug-likeness (QED) is 0.249. The Labute approximate surface area is 192 Å². The standard InChI is InChI=1S/C23H18BrN3O3S/c1-12-9-13(2)20-18(10-12)26-22(30-20)17-11-16(7-8-19(17)28)25-23(31)27-21(29)14-3-5-15(24)6-4-14/h3-11,28H,1-2H3,(H2,25,27,29,31). The summed E-state index contributed by atoms with van der Waals surface area (Å²) in [6.07, 6.45) is 0. The van der Waals surface area contributed by atoms with Gasteiger partial charge in [0.15, 0.2) is 10.7 Å². The number of nitrogens with one attached hydrogen (secondary N) is 2. The molecule has 3 N–H and O–H groups in total. The lowest BCUT2D eigenvalue weighted by molar-refractivity contribution is 0.0977. The maximum atomic E-state index is 12.3. The number of benzene rings is 3. The number of anilines is 1. The van der Waals surface area contributed by atoms with Crippen LogP contribution in [0, 0.1) is 13.8 Å². The SMILES string of the molecule is Cc1cc(C)c2oc(-c3cc(NC(=S)NC(=O)c4ccc(Br)cc4)ccc3O)nc2c1. The molecule has 0 fully saturated rings. The zero-order valence-corrected chi connectivity index (χ0v) is 19.1. The zero-order chi connectivity index (χ0) is 22.1. The highest BCUT2D eigenvalue weighted by Crippen LogP contribution is 2.34. The molecule has 0 aliphatic carbocycles. The molecule has 0 atom stereocenters. The van der Waals surface area contributed by atoms with E-state index in [1.165, 1.54) is 6.07 Å². The van der Waals surface area contributed by atoms with Gasteiger partial charge in [-0.05, 0) is 85.7 Å². The first-order valence-electron chi connectivity index (χ1n) is 9.39. The first-order valence-corrected chi connectivity index (χ1v) is 10.6. The Balaban J connectivity index is 1.55. The number of hydrogen-bond donors (Lipinski definition) is 3. The molecule has 0 aliphatic rings. The number of carbonyl (C=O) groups is 1. The molecule has 8 heteroatoms. The Morgan fingerprint density at radius 1 is 1.10 bits per heavy atom. The fraction of sp³-hybridized carbons (Fsp3) is 0.0870. The number of amides is 1. The Bertz CT molecular complexity index is 1320. The molecule has 0 saturated carbocycles. The van der Waals surface area contributed by atoms with Gasteiger partial charge in [-0.3, -0.25) is 10.1 Å². The first-order chi connectivity index (χ1) is 14.8. The van der Waals surface area contributed by atoms with Crippen LogP contribution in [0.25, 0.3) is 22.6 Å². The molecule has 6 nitrogen and oxygen atoms in total. The van der Waals surface area contributed by atoms with Gasteiger partial charge in [0, 0.05) is 15.7 Å². The highest BCUT2D eigenvalue weighted by molar-refractivity contribution is 9.10. The van der Waals surface area contributed by atoms with E-state index in [-0.39, 0.29) is 16.8 Å². The summed E-state index contributed by atoms with van der Waals surface area (Å²) in [6.45, 7) is 3.95. The van der Waals surface area contributed by atoms with Crippen LogP contribution in [-0.2, 0) is 0 Å². The van der Waals surface area contributed by atoms with Crippen molar-refractivity contribution in [2.75, 3.05) is 5.32 Å². The van der Waals surface area contributed by atoms with Crippen LogP contribution >= 0.6 is 28.1 Å². The van der Waals surface area contributed by atoms with Crippen molar-refractivity contribution < 1.29 is 14.3 Å². The summed E-state index contributed by atoms with van der Waals surface area (Å²) in [6, 6.07) is 15.7. The lowest BCUT2D eigenvalue weighted by atomic mass is 10.1. The van der Waals surface area contributed by atoms with Crippen LogP contribution < -0.4 is 10.6 Å². The number of fused-ring (bicyclic) bond motifs is 1. The number of aromatic nitrogens is 1. The predicted molar refractivity (Wildman–Crippen MR) is 128 cm³/mol. The third-order valence-corrected chi connectivity index (χ3v) is 5.37. The minimum absolute atomic E-state index is 0.0243. The second-order valence-electron chi connectivity index (χ2n) is 7.10. The number of phenolic OH excluding ortho intramolecular Hbond substituents is 1. The van der Waals surface area contributed by atoms with Gasteiger partial charge in [0.05, 0.1) is 5.56 Å². The van der Waals surface area contributed by atoms with E-state index < -0.39 is 0 Å². The summed E-state index contributed by atoms with van der Waals surface area (Å²) in [5, 5.41) is 16.1. The highest BCUT2D eigenvalue weighted by Gasteiger charge is 2.15. The molecule has 31 heavy (non-hydrogen) atoms. The number of phenols is 1. The van der Waals surface area contributed by atoms with Crippen LogP contribution in [0.1, 0.15) is 21.5 Å². The zero-order valence-electron chi connectivity index (χ0n) is 16.7. The van der Waals surface area contributed by atoms with Crippen molar-refractivity contribution in [3.8, 4) is 17.2 Å². The number of nitrogens with zero attached hydrogens (tertiary/aromatic N) is 1. The van der Waals surface area contributed by atoms with Gasteiger partial charge >= 0.3 is 0 Å². The van der Waals surface area contributed by atoms with Gasteiger partial charge in [0.1, 0.15) is 11.3 Å². The minimum Gasteiger partial charge on any atom is -0.507 e. The number of rotatable bonds is 3. The summed E-state index contributed by atoms with van der Waals surface area (Å²) in [5.41, 5.74) is 4.93. The third kappa shape index (κ3) is 4.60. The van der Waals surface area contributed by atoms with Crippen molar-refractivity contribution in [2.45, 2.75) is 13.8 Å². The second-order valence-corrected chi connectivity index (χ2v) is 8.42. The maximum absolute atomic E-state index is 12.3. The molecule has 1 heterocycles. The van der Waals surface area contributed by atoms with Crippen molar-refractivity contribution in [1.82, 2.24) is 10.3 Å². The molecule has 0 radical (unpaired) electrons. The molecule has 0 aliphatic heterocycles. The van der Waals surface area contributed by atoms with E-state index in [1.54, 1.807) is 36.4 Å². The van der Waals surface area contributed by atoms with Crippen molar-refractivity contribution in [1.29, 1.82) is 0 Å². The van der Waals surface area contributed by atoms with Gasteiger partial charge in [-0.15, -0.1) is 0 Å². The number of aromatic hydroxyl groups is 1. The second kappa shape index (κ2) is 8.49. The summed E-state index contributed by atoms with van der Waals surface area (Å²) in [4.78, 5) is 16.9. The molecule has 4 rings (SSSR count). The topological polar surface area (TPSA) is 87.4 Å². The Hall–Kier alpha value is -3.23. The van der Waals surface area contributed by atoms with Crippen LogP contribution in [-0.4, -0.2) is 21.1 Å². The summed E-state index contributed by atoms with van der Waals surface area (Å²) >= 11 is 8.60. The Kier molecular flexibility index (Phi) is 5.75. The molecular formula is C23H18BrN3O3S. The van der Waals surface area contributed by atoms with Gasteiger partial charge in [-0.25, -0.2) is 4.98 Å². The Morgan fingerprint density at radius 3 is 2.58 bits per heavy atom. The van der Waals surface area contributed by atoms with Crippen molar-refractivity contribution >= 4 is 56.0 Å². The number of aryl methyl sites for hydroxylation is 2. The number of carbonyl (C=O) groups excluding carboxylic acids is 1. The van der Waals surface area contributed by atoms with E-state index in [9.17, 15) is 9.90 Å². The molecule has 1 aromatic heterocycles. The third-order valence-electron chi connectivity index (χ3n) is 4.64. The molecule has 0 saturated heterocycles. The first kappa shape index (κ1) is 21.0. The van der Waals surface area contributed by atoms with Crippen LogP contribution in [0.2, 0.25) is 0 Å². The van der Waals surface area contributed by atoms with E-state index in [1.807, 2.05) is 26.0 Å². The molecule has 0 unspecified atom stereocenters. The van der Waals surface area contributed by atoms with Crippen LogP contribution in [0.5, 0.6) is 5.75 Å². The van der Waals surface area contributed by atoms with Crippen LogP contribution in [0.15, 0.2) is 63.5 Å². The van der Waals surface area contributed by atoms with E-state index in [2.05, 4.69) is 31.5 Å². The smallest absolute Gasteiger partial charge is 0.257 e. The van der Waals surface area contributed by atoms with Gasteiger partial charge in [-0.2, -0.15) is 0 Å². The van der Waals surface area contributed by atoms with Gasteiger partial charge in [-0.1, -0.05) is 22.0 Å². The number of hydrogen-bond acceptors (Lipinski definition) is 5. The summed E-state index contributed by atoms with van der Waals surface area (Å²) in [5.74, 6) is -0.000221. The monoisotopic (exact) mass is 495 g/mol. The van der Waals surface area contributed by atoms with Gasteiger partial charge in [0.2, 0.25) is 5.89 Å². The van der Waals surface area contributed by atoms with Crippen LogP contribution in [0.3, 0.4) is 0 Å². The number of oxazole rings is 1. The molecular weight excluding hydrogens is 478 g/mol. The van der Waals surface area contributed by atoms with Gasteiger partial charge < -0.3 is 14.8 Å². The van der Waals surface area contributed by atoms with E-state index >= 15 is 0 Å². The predicted octanol–water partition coefficient (Wildman–Crippen LogP) is 5.71.